The van der Waals surface area contributed by atoms with E-state index >= 15 is 0 Å². The van der Waals surface area contributed by atoms with Crippen molar-refractivity contribution in [1.82, 2.24) is 4.90 Å². The third-order valence-corrected chi connectivity index (χ3v) is 2.95. The molecule has 1 aliphatic rings. The van der Waals surface area contributed by atoms with Crippen molar-refractivity contribution in [2.45, 2.75) is 58.7 Å². The predicted octanol–water partition coefficient (Wildman–Crippen LogP) is 2.30. The molecular formula is C13H27NO2. The maximum atomic E-state index is 5.73. The van der Waals surface area contributed by atoms with Crippen LogP contribution in [0.25, 0.3) is 0 Å². The minimum atomic E-state index is -0.0117. The summed E-state index contributed by atoms with van der Waals surface area (Å²) in [5, 5.41) is 0. The Kier molecular flexibility index (Phi) is 5.22. The summed E-state index contributed by atoms with van der Waals surface area (Å²) in [6.07, 6.45) is 1.10. The average Bonchev–Trinajstić information content (AvgIpc) is 2.14. The molecule has 3 nitrogen and oxygen atoms in total. The predicted molar refractivity (Wildman–Crippen MR) is 66.8 cm³/mol. The maximum absolute atomic E-state index is 5.73. The van der Waals surface area contributed by atoms with Crippen LogP contribution < -0.4 is 0 Å². The highest BCUT2D eigenvalue weighted by Crippen LogP contribution is 2.14. The molecule has 0 N–H and O–H groups in total. The quantitative estimate of drug-likeness (QED) is 0.690. The number of rotatable bonds is 4. The van der Waals surface area contributed by atoms with Crippen LogP contribution in [0.3, 0.4) is 0 Å². The molecule has 0 aromatic rings. The Labute approximate surface area is 100 Å². The molecule has 0 saturated carbocycles. The second-order valence-electron chi connectivity index (χ2n) is 5.79. The van der Waals surface area contributed by atoms with Gasteiger partial charge in [0.15, 0.2) is 0 Å². The fraction of sp³-hybridized carbons (Fsp3) is 1.00. The van der Waals surface area contributed by atoms with Gasteiger partial charge in [0.2, 0.25) is 0 Å². The van der Waals surface area contributed by atoms with Crippen LogP contribution in [-0.2, 0) is 9.47 Å². The summed E-state index contributed by atoms with van der Waals surface area (Å²) in [6, 6.07) is 1.08. The second kappa shape index (κ2) is 5.99. The molecule has 0 aromatic carbocycles. The molecule has 3 heteroatoms. The summed E-state index contributed by atoms with van der Waals surface area (Å²) >= 11 is 0. The second-order valence-corrected chi connectivity index (χ2v) is 5.79. The van der Waals surface area contributed by atoms with Gasteiger partial charge in [0.05, 0.1) is 18.8 Å². The van der Waals surface area contributed by atoms with E-state index in [9.17, 15) is 0 Å². The highest BCUT2D eigenvalue weighted by atomic mass is 16.5. The van der Waals surface area contributed by atoms with Gasteiger partial charge in [-0.1, -0.05) is 0 Å². The average molecular weight is 229 g/mol. The van der Waals surface area contributed by atoms with Crippen molar-refractivity contribution in [3.8, 4) is 0 Å². The van der Waals surface area contributed by atoms with Gasteiger partial charge in [-0.05, 0) is 41.0 Å². The van der Waals surface area contributed by atoms with Crippen LogP contribution in [0, 0.1) is 0 Å². The molecule has 2 unspecified atom stereocenters. The molecular weight excluding hydrogens is 202 g/mol. The molecule has 1 fully saturated rings. The summed E-state index contributed by atoms with van der Waals surface area (Å²) in [4.78, 5) is 2.52. The van der Waals surface area contributed by atoms with Crippen molar-refractivity contribution in [1.29, 1.82) is 0 Å². The zero-order valence-electron chi connectivity index (χ0n) is 11.5. The smallest absolute Gasteiger partial charge is 0.0620 e. The third-order valence-electron chi connectivity index (χ3n) is 2.95. The number of ether oxygens (including phenoxy) is 2. The minimum absolute atomic E-state index is 0.0117. The third kappa shape index (κ3) is 4.81. The van der Waals surface area contributed by atoms with E-state index in [1.54, 1.807) is 0 Å². The van der Waals surface area contributed by atoms with Crippen LogP contribution in [-0.4, -0.2) is 49.0 Å². The van der Waals surface area contributed by atoms with Gasteiger partial charge in [-0.3, -0.25) is 4.90 Å². The lowest BCUT2D eigenvalue weighted by Crippen LogP contribution is -2.50. The molecule has 96 valence electrons. The molecule has 2 atom stereocenters. The van der Waals surface area contributed by atoms with Gasteiger partial charge in [0, 0.05) is 25.2 Å². The summed E-state index contributed by atoms with van der Waals surface area (Å²) in [5.74, 6) is 0. The molecule has 1 saturated heterocycles. The molecule has 1 aliphatic heterocycles. The molecule has 0 spiro atoms. The lowest BCUT2D eigenvalue weighted by atomic mass is 10.1. The highest BCUT2D eigenvalue weighted by molar-refractivity contribution is 4.77. The highest BCUT2D eigenvalue weighted by Gasteiger charge is 2.24. The molecule has 0 radical (unpaired) electrons. The van der Waals surface area contributed by atoms with E-state index in [-0.39, 0.29) is 5.60 Å². The van der Waals surface area contributed by atoms with Gasteiger partial charge < -0.3 is 9.47 Å². The first-order chi connectivity index (χ1) is 7.40. The van der Waals surface area contributed by atoms with Crippen LogP contribution in [0.5, 0.6) is 0 Å². The lowest BCUT2D eigenvalue weighted by molar-refractivity contribution is -0.0476. The standard InChI is InChI=1S/C13H27NO2/c1-11-9-15-10-12(2)14(11)7-6-8-16-13(3,4)5/h11-12H,6-10H2,1-5H3. The maximum Gasteiger partial charge on any atom is 0.0620 e. The molecule has 0 aromatic heterocycles. The normalized spacial score (nSPS) is 28.3. The summed E-state index contributed by atoms with van der Waals surface area (Å²) in [7, 11) is 0. The van der Waals surface area contributed by atoms with Crippen molar-refractivity contribution in [2.24, 2.45) is 0 Å². The Balaban J connectivity index is 2.20. The van der Waals surface area contributed by atoms with Crippen molar-refractivity contribution in [2.75, 3.05) is 26.4 Å². The van der Waals surface area contributed by atoms with Crippen LogP contribution in [0.15, 0.2) is 0 Å². The Bertz CT molecular complexity index is 191. The van der Waals surface area contributed by atoms with Gasteiger partial charge in [-0.15, -0.1) is 0 Å². The van der Waals surface area contributed by atoms with Crippen molar-refractivity contribution in [3.05, 3.63) is 0 Å². The van der Waals surface area contributed by atoms with Crippen LogP contribution in [0.4, 0.5) is 0 Å². The first-order valence-electron chi connectivity index (χ1n) is 6.37. The number of hydrogen-bond acceptors (Lipinski definition) is 3. The largest absolute Gasteiger partial charge is 0.378 e. The van der Waals surface area contributed by atoms with Gasteiger partial charge in [-0.25, -0.2) is 0 Å². The van der Waals surface area contributed by atoms with Crippen molar-refractivity contribution in [3.63, 3.8) is 0 Å². The van der Waals surface area contributed by atoms with Gasteiger partial charge in [0.1, 0.15) is 0 Å². The Morgan fingerprint density at radius 1 is 1.19 bits per heavy atom. The lowest BCUT2D eigenvalue weighted by Gasteiger charge is -2.38. The van der Waals surface area contributed by atoms with Crippen LogP contribution >= 0.6 is 0 Å². The van der Waals surface area contributed by atoms with Crippen molar-refractivity contribution < 1.29 is 9.47 Å². The SMILES string of the molecule is CC1COCC(C)N1CCCOC(C)(C)C. The van der Waals surface area contributed by atoms with Gasteiger partial charge in [-0.2, -0.15) is 0 Å². The minimum Gasteiger partial charge on any atom is -0.378 e. The first-order valence-corrected chi connectivity index (χ1v) is 6.37. The number of hydrogen-bond donors (Lipinski definition) is 0. The van der Waals surface area contributed by atoms with E-state index in [4.69, 9.17) is 9.47 Å². The molecule has 0 aliphatic carbocycles. The summed E-state index contributed by atoms with van der Waals surface area (Å²) in [6.45, 7) is 14.5. The number of morpholine rings is 1. The van der Waals surface area contributed by atoms with E-state index in [0.717, 1.165) is 32.8 Å². The van der Waals surface area contributed by atoms with Crippen LogP contribution in [0.2, 0.25) is 0 Å². The van der Waals surface area contributed by atoms with E-state index in [0.29, 0.717) is 12.1 Å². The zero-order valence-corrected chi connectivity index (χ0v) is 11.5. The Morgan fingerprint density at radius 2 is 1.75 bits per heavy atom. The molecule has 0 amide bonds. The molecule has 0 bridgehead atoms. The molecule has 1 heterocycles. The van der Waals surface area contributed by atoms with E-state index in [1.165, 1.54) is 0 Å². The van der Waals surface area contributed by atoms with E-state index in [1.807, 2.05) is 0 Å². The monoisotopic (exact) mass is 229 g/mol. The summed E-state index contributed by atoms with van der Waals surface area (Å²) < 4.78 is 11.2. The van der Waals surface area contributed by atoms with E-state index in [2.05, 4.69) is 39.5 Å². The Morgan fingerprint density at radius 3 is 2.25 bits per heavy atom. The topological polar surface area (TPSA) is 21.7 Å². The zero-order chi connectivity index (χ0) is 12.2. The fourth-order valence-corrected chi connectivity index (χ4v) is 2.10. The summed E-state index contributed by atoms with van der Waals surface area (Å²) in [5.41, 5.74) is -0.0117. The molecule has 1 rings (SSSR count). The van der Waals surface area contributed by atoms with Gasteiger partial charge >= 0.3 is 0 Å². The molecule has 16 heavy (non-hydrogen) atoms. The van der Waals surface area contributed by atoms with Crippen molar-refractivity contribution >= 4 is 0 Å². The van der Waals surface area contributed by atoms with Gasteiger partial charge in [0.25, 0.3) is 0 Å². The number of nitrogens with zero attached hydrogens (tertiary/aromatic N) is 1. The fourth-order valence-electron chi connectivity index (χ4n) is 2.10. The van der Waals surface area contributed by atoms with Crippen LogP contribution in [0.1, 0.15) is 41.0 Å². The van der Waals surface area contributed by atoms with E-state index < -0.39 is 0 Å². The first kappa shape index (κ1) is 13.9. The Hall–Kier alpha value is -0.120.